The third-order valence-corrected chi connectivity index (χ3v) is 4.24. The van der Waals surface area contributed by atoms with Gasteiger partial charge in [-0.25, -0.2) is 4.39 Å². The number of nitrogens with one attached hydrogen (secondary N) is 1. The molecule has 0 radical (unpaired) electrons. The highest BCUT2D eigenvalue weighted by atomic mass is 35.5. The standard InChI is InChI=1S/C17H17ClFNO.ClH/c18-13-5-1-3-11(9-13)15-7-8-16(20-15)17(21)12-4-2-6-14(19)10-12;/h1-6,9-10,15-17,20-21H,7-8H2;1H/t15-,16+,17+;/m0./s1. The van der Waals surface area contributed by atoms with Gasteiger partial charge < -0.3 is 10.4 Å². The van der Waals surface area contributed by atoms with Crippen LogP contribution in [0.15, 0.2) is 48.5 Å². The van der Waals surface area contributed by atoms with Gasteiger partial charge in [-0.05, 0) is 48.2 Å². The first kappa shape index (κ1) is 17.2. The van der Waals surface area contributed by atoms with E-state index in [0.29, 0.717) is 10.6 Å². The van der Waals surface area contributed by atoms with Crippen molar-refractivity contribution in [2.45, 2.75) is 31.0 Å². The van der Waals surface area contributed by atoms with Crippen molar-refractivity contribution in [3.05, 3.63) is 70.5 Å². The molecule has 3 rings (SSSR count). The highest BCUT2D eigenvalue weighted by Gasteiger charge is 2.30. The van der Waals surface area contributed by atoms with Gasteiger partial charge in [0.2, 0.25) is 0 Å². The fourth-order valence-corrected chi connectivity index (χ4v) is 3.13. The summed E-state index contributed by atoms with van der Waals surface area (Å²) in [5, 5.41) is 14.5. The van der Waals surface area contributed by atoms with Crippen LogP contribution < -0.4 is 5.32 Å². The largest absolute Gasteiger partial charge is 0.387 e. The van der Waals surface area contributed by atoms with Crippen molar-refractivity contribution in [3.8, 4) is 0 Å². The average Bonchev–Trinajstić information content (AvgIpc) is 2.96. The van der Waals surface area contributed by atoms with Gasteiger partial charge in [0.25, 0.3) is 0 Å². The van der Waals surface area contributed by atoms with Gasteiger partial charge in [0.05, 0.1) is 6.10 Å². The quantitative estimate of drug-likeness (QED) is 0.865. The molecule has 1 aliphatic heterocycles. The molecule has 0 bridgehead atoms. The van der Waals surface area contributed by atoms with Gasteiger partial charge in [0.1, 0.15) is 5.82 Å². The van der Waals surface area contributed by atoms with E-state index in [1.165, 1.54) is 12.1 Å². The molecule has 2 aromatic carbocycles. The fraction of sp³-hybridized carbons (Fsp3) is 0.294. The molecule has 1 fully saturated rings. The van der Waals surface area contributed by atoms with Crippen molar-refractivity contribution in [2.75, 3.05) is 0 Å². The Morgan fingerprint density at radius 2 is 1.91 bits per heavy atom. The molecule has 3 atom stereocenters. The Morgan fingerprint density at radius 1 is 1.14 bits per heavy atom. The van der Waals surface area contributed by atoms with E-state index in [1.54, 1.807) is 12.1 Å². The molecule has 2 nitrogen and oxygen atoms in total. The zero-order valence-electron chi connectivity index (χ0n) is 11.9. The summed E-state index contributed by atoms with van der Waals surface area (Å²) in [5.74, 6) is -0.323. The molecule has 2 aromatic rings. The zero-order chi connectivity index (χ0) is 14.8. The second kappa shape index (κ2) is 7.42. The SMILES string of the molecule is Cl.O[C@H](c1cccc(F)c1)[C@H]1CC[C@@H](c2cccc(Cl)c2)N1. The first-order valence-corrected chi connectivity index (χ1v) is 7.46. The van der Waals surface area contributed by atoms with E-state index < -0.39 is 6.10 Å². The van der Waals surface area contributed by atoms with Crippen LogP contribution in [0.2, 0.25) is 5.02 Å². The molecular weight excluding hydrogens is 324 g/mol. The Bertz CT molecular complexity index is 638. The lowest BCUT2D eigenvalue weighted by Gasteiger charge is -2.20. The molecule has 0 unspecified atom stereocenters. The van der Waals surface area contributed by atoms with Crippen molar-refractivity contribution in [1.29, 1.82) is 0 Å². The minimum absolute atomic E-state index is 0. The first-order valence-electron chi connectivity index (χ1n) is 7.08. The molecule has 118 valence electrons. The van der Waals surface area contributed by atoms with Crippen LogP contribution in [-0.4, -0.2) is 11.1 Å². The lowest BCUT2D eigenvalue weighted by molar-refractivity contribution is 0.135. The van der Waals surface area contributed by atoms with E-state index in [9.17, 15) is 9.50 Å². The lowest BCUT2D eigenvalue weighted by Crippen LogP contribution is -2.30. The summed E-state index contributed by atoms with van der Waals surface area (Å²) in [6.45, 7) is 0. The highest BCUT2D eigenvalue weighted by Crippen LogP contribution is 2.33. The summed E-state index contributed by atoms with van der Waals surface area (Å²) in [4.78, 5) is 0. The van der Waals surface area contributed by atoms with Crippen LogP contribution in [0.25, 0.3) is 0 Å². The summed E-state index contributed by atoms with van der Waals surface area (Å²) in [6.07, 6.45) is 1.07. The number of aliphatic hydroxyl groups excluding tert-OH is 1. The zero-order valence-corrected chi connectivity index (χ0v) is 13.4. The van der Waals surface area contributed by atoms with Crippen molar-refractivity contribution < 1.29 is 9.50 Å². The van der Waals surface area contributed by atoms with E-state index in [4.69, 9.17) is 11.6 Å². The van der Waals surface area contributed by atoms with Crippen molar-refractivity contribution in [1.82, 2.24) is 5.32 Å². The second-order valence-electron chi connectivity index (χ2n) is 5.46. The maximum atomic E-state index is 13.3. The lowest BCUT2D eigenvalue weighted by atomic mass is 10.0. The second-order valence-corrected chi connectivity index (χ2v) is 5.89. The van der Waals surface area contributed by atoms with Crippen LogP contribution in [0.5, 0.6) is 0 Å². The van der Waals surface area contributed by atoms with Gasteiger partial charge in [0, 0.05) is 17.1 Å². The number of hydrogen-bond acceptors (Lipinski definition) is 2. The van der Waals surface area contributed by atoms with Crippen LogP contribution in [-0.2, 0) is 0 Å². The summed E-state index contributed by atoms with van der Waals surface area (Å²) in [7, 11) is 0. The number of aliphatic hydroxyl groups is 1. The van der Waals surface area contributed by atoms with Crippen LogP contribution >= 0.6 is 24.0 Å². The molecular formula is C17H18Cl2FNO. The fourth-order valence-electron chi connectivity index (χ4n) is 2.93. The maximum absolute atomic E-state index is 13.3. The van der Waals surface area contributed by atoms with Gasteiger partial charge in [0.15, 0.2) is 0 Å². The Morgan fingerprint density at radius 3 is 2.64 bits per heavy atom. The van der Waals surface area contributed by atoms with Crippen LogP contribution in [0, 0.1) is 5.82 Å². The molecule has 0 saturated carbocycles. The number of halogens is 3. The van der Waals surface area contributed by atoms with Crippen molar-refractivity contribution in [3.63, 3.8) is 0 Å². The molecule has 1 saturated heterocycles. The van der Waals surface area contributed by atoms with E-state index in [-0.39, 0.29) is 30.3 Å². The Kier molecular flexibility index (Phi) is 5.81. The topological polar surface area (TPSA) is 32.3 Å². The minimum atomic E-state index is -0.704. The Balaban J connectivity index is 0.00000176. The predicted octanol–water partition coefficient (Wildman–Crippen LogP) is 4.43. The molecule has 0 amide bonds. The average molecular weight is 342 g/mol. The van der Waals surface area contributed by atoms with Gasteiger partial charge in [-0.15, -0.1) is 12.4 Å². The molecule has 0 aromatic heterocycles. The van der Waals surface area contributed by atoms with E-state index >= 15 is 0 Å². The molecule has 22 heavy (non-hydrogen) atoms. The smallest absolute Gasteiger partial charge is 0.123 e. The number of hydrogen-bond donors (Lipinski definition) is 2. The Labute approximate surface area is 140 Å². The van der Waals surface area contributed by atoms with Crippen molar-refractivity contribution in [2.24, 2.45) is 0 Å². The van der Waals surface area contributed by atoms with Gasteiger partial charge in [-0.3, -0.25) is 0 Å². The third kappa shape index (κ3) is 3.79. The molecule has 0 spiro atoms. The Hall–Kier alpha value is -1.13. The van der Waals surface area contributed by atoms with Gasteiger partial charge in [-0.1, -0.05) is 35.9 Å². The van der Waals surface area contributed by atoms with E-state index in [0.717, 1.165) is 18.4 Å². The number of rotatable bonds is 3. The summed E-state index contributed by atoms with van der Waals surface area (Å²) in [6, 6.07) is 14.0. The monoisotopic (exact) mass is 341 g/mol. The highest BCUT2D eigenvalue weighted by molar-refractivity contribution is 6.30. The summed E-state index contributed by atoms with van der Waals surface area (Å²) >= 11 is 6.02. The van der Waals surface area contributed by atoms with Crippen LogP contribution in [0.3, 0.4) is 0 Å². The van der Waals surface area contributed by atoms with E-state index in [2.05, 4.69) is 5.32 Å². The van der Waals surface area contributed by atoms with Crippen LogP contribution in [0.1, 0.15) is 36.1 Å². The molecule has 0 aliphatic carbocycles. The van der Waals surface area contributed by atoms with E-state index in [1.807, 2.05) is 24.3 Å². The first-order chi connectivity index (χ1) is 10.1. The summed E-state index contributed by atoms with van der Waals surface area (Å²) in [5.41, 5.74) is 1.73. The normalized spacial score (nSPS) is 22.1. The number of benzene rings is 2. The molecule has 1 aliphatic rings. The molecule has 2 N–H and O–H groups in total. The maximum Gasteiger partial charge on any atom is 0.123 e. The van der Waals surface area contributed by atoms with Crippen LogP contribution in [0.4, 0.5) is 4.39 Å². The molecule has 5 heteroatoms. The predicted molar refractivity (Wildman–Crippen MR) is 89.0 cm³/mol. The minimum Gasteiger partial charge on any atom is -0.387 e. The summed E-state index contributed by atoms with van der Waals surface area (Å²) < 4.78 is 13.3. The van der Waals surface area contributed by atoms with Gasteiger partial charge in [-0.2, -0.15) is 0 Å². The molecule has 1 heterocycles. The van der Waals surface area contributed by atoms with Gasteiger partial charge >= 0.3 is 0 Å². The van der Waals surface area contributed by atoms with Crippen molar-refractivity contribution >= 4 is 24.0 Å². The third-order valence-electron chi connectivity index (χ3n) is 4.00.